The third-order valence-corrected chi connectivity index (χ3v) is 16.8. The van der Waals surface area contributed by atoms with Gasteiger partial charge in [0.2, 0.25) is 0 Å². The lowest BCUT2D eigenvalue weighted by Gasteiger charge is -2.40. The van der Waals surface area contributed by atoms with E-state index in [0.29, 0.717) is 0 Å². The first-order chi connectivity index (χ1) is 33.8. The van der Waals surface area contributed by atoms with Gasteiger partial charge in [0.25, 0.3) is 0 Å². The van der Waals surface area contributed by atoms with Gasteiger partial charge in [0.05, 0.1) is 33.5 Å². The van der Waals surface area contributed by atoms with Crippen molar-refractivity contribution in [2.24, 2.45) is 0 Å². The molecule has 0 N–H and O–H groups in total. The number of fused-ring (bicyclic) bond motifs is 18. The fourth-order valence-corrected chi connectivity index (χ4v) is 13.9. The maximum absolute atomic E-state index is 2.62. The third-order valence-electron chi connectivity index (χ3n) is 16.8. The van der Waals surface area contributed by atoms with Gasteiger partial charge in [-0.2, -0.15) is 0 Å². The van der Waals surface area contributed by atoms with Gasteiger partial charge in [0.1, 0.15) is 0 Å². The van der Waals surface area contributed by atoms with E-state index < -0.39 is 5.41 Å². The molecule has 0 unspecified atom stereocenters. The van der Waals surface area contributed by atoms with E-state index in [1.54, 1.807) is 0 Å². The zero-order valence-corrected chi connectivity index (χ0v) is 39.2. The maximum atomic E-state index is 2.62. The highest BCUT2D eigenvalue weighted by molar-refractivity contribution is 6.14. The number of anilines is 3. The normalized spacial score (nSPS) is 15.3. The molecule has 1 aliphatic heterocycles. The van der Waals surface area contributed by atoms with Crippen LogP contribution in [0.25, 0.3) is 72.0 Å². The predicted octanol–water partition coefficient (Wildman–Crippen LogP) is 17.2. The van der Waals surface area contributed by atoms with Gasteiger partial charge >= 0.3 is 0 Å². The van der Waals surface area contributed by atoms with E-state index in [2.05, 4.69) is 256 Å². The monoisotopic (exact) mass is 880 g/mol. The summed E-state index contributed by atoms with van der Waals surface area (Å²) in [6.45, 7) is 9.56. The van der Waals surface area contributed by atoms with Crippen molar-refractivity contribution in [3.63, 3.8) is 0 Å². The fourth-order valence-electron chi connectivity index (χ4n) is 13.9. The molecule has 4 aliphatic rings. The van der Waals surface area contributed by atoms with Crippen LogP contribution in [0, 0.1) is 0 Å². The minimum atomic E-state index is -0.548. The Morgan fingerprint density at radius 1 is 0.333 bits per heavy atom. The Labute approximate surface area is 403 Å². The summed E-state index contributed by atoms with van der Waals surface area (Å²) in [7, 11) is 0. The van der Waals surface area contributed by atoms with Crippen LogP contribution in [0.3, 0.4) is 0 Å². The van der Waals surface area contributed by atoms with Crippen molar-refractivity contribution < 1.29 is 0 Å². The predicted molar refractivity (Wildman–Crippen MR) is 287 cm³/mol. The molecule has 0 atom stereocenters. The molecule has 11 aromatic rings. The number of nitrogens with zero attached hydrogens (tertiary/aromatic N) is 2. The van der Waals surface area contributed by atoms with Crippen LogP contribution in [0.4, 0.5) is 17.1 Å². The van der Waals surface area contributed by atoms with Gasteiger partial charge in [-0.3, -0.25) is 0 Å². The summed E-state index contributed by atoms with van der Waals surface area (Å²) in [4.78, 5) is 2.60. The van der Waals surface area contributed by atoms with Crippen LogP contribution < -0.4 is 4.90 Å². The quantitative estimate of drug-likeness (QED) is 0.171. The topological polar surface area (TPSA) is 8.17 Å². The van der Waals surface area contributed by atoms with E-state index in [0.717, 1.165) is 11.4 Å². The van der Waals surface area contributed by atoms with E-state index in [1.165, 1.54) is 122 Å². The Morgan fingerprint density at radius 3 is 1.57 bits per heavy atom. The summed E-state index contributed by atoms with van der Waals surface area (Å²) in [6.07, 6.45) is 0. The van der Waals surface area contributed by atoms with Gasteiger partial charge in [-0.25, -0.2) is 0 Å². The van der Waals surface area contributed by atoms with Crippen LogP contribution in [0.15, 0.2) is 218 Å². The van der Waals surface area contributed by atoms with Crippen LogP contribution in [0.5, 0.6) is 0 Å². The average Bonchev–Trinajstić information content (AvgIpc) is 4.04. The van der Waals surface area contributed by atoms with Crippen LogP contribution >= 0.6 is 0 Å². The van der Waals surface area contributed by atoms with Crippen molar-refractivity contribution >= 4 is 38.9 Å². The van der Waals surface area contributed by atoms with E-state index in [-0.39, 0.29) is 10.8 Å². The van der Waals surface area contributed by atoms with Gasteiger partial charge in [0, 0.05) is 44.0 Å². The second-order valence-corrected chi connectivity index (χ2v) is 20.7. The molecule has 1 spiro atoms. The largest absolute Gasteiger partial charge is 0.309 e. The number of benzene rings is 10. The van der Waals surface area contributed by atoms with Crippen molar-refractivity contribution in [3.8, 4) is 50.2 Å². The average molecular weight is 881 g/mol. The van der Waals surface area contributed by atoms with Gasteiger partial charge < -0.3 is 9.47 Å². The molecule has 0 radical (unpaired) electrons. The van der Waals surface area contributed by atoms with Crippen LogP contribution in [0.2, 0.25) is 0 Å². The first kappa shape index (κ1) is 38.9. The lowest BCUT2D eigenvalue weighted by molar-refractivity contribution is 0.660. The smallest absolute Gasteiger partial charge is 0.0754 e. The first-order valence-corrected chi connectivity index (χ1v) is 24.5. The van der Waals surface area contributed by atoms with Crippen molar-refractivity contribution in [3.05, 3.63) is 263 Å². The third kappa shape index (κ3) is 4.76. The SMILES string of the molecule is CC1(C)c2ccccc2-c2ccc(N(c3ccccc3-c3cccc4c3-n3c5ccccc5c5cccc(c53)C43c4ccccc4-c4ccccc43)c3cccc4c3-c3ccccc3C4(C)C)cc21. The van der Waals surface area contributed by atoms with Crippen LogP contribution in [-0.4, -0.2) is 4.57 Å². The maximum Gasteiger partial charge on any atom is 0.0754 e. The fraction of sp³-hybridized carbons (Fsp3) is 0.104. The molecule has 0 fully saturated rings. The standard InChI is InChI=1S/C67H48N2/c1-65(2)52-29-12-8-25-50(52)62-55(65)32-19-37-61(62)68(41-38-39-45-42-20-5-11-28-51(42)66(3,4)58(45)40-41)59-35-15-9-23-46(59)48-26-17-33-56-63(48)69-60-36-16-10-24-47(60)49-27-18-34-57(64(49)69)67(56)53-30-13-6-21-43(53)44-22-7-14-31-54(44)67/h5-40H,1-4H3. The number of hydrogen-bond acceptors (Lipinski definition) is 1. The van der Waals surface area contributed by atoms with Crippen LogP contribution in [-0.2, 0) is 16.2 Å². The summed E-state index contributed by atoms with van der Waals surface area (Å²) < 4.78 is 2.62. The molecule has 15 rings (SSSR count). The summed E-state index contributed by atoms with van der Waals surface area (Å²) in [5.41, 5.74) is 27.3. The highest BCUT2D eigenvalue weighted by Crippen LogP contribution is 2.63. The van der Waals surface area contributed by atoms with Gasteiger partial charge in [-0.1, -0.05) is 216 Å². The Balaban J connectivity index is 1.06. The van der Waals surface area contributed by atoms with Crippen molar-refractivity contribution in [1.82, 2.24) is 4.57 Å². The number of aromatic nitrogens is 1. The molecule has 0 saturated heterocycles. The summed E-state index contributed by atoms with van der Waals surface area (Å²) >= 11 is 0. The molecular weight excluding hydrogens is 833 g/mol. The molecule has 0 saturated carbocycles. The minimum Gasteiger partial charge on any atom is -0.309 e. The lowest BCUT2D eigenvalue weighted by atomic mass is 9.65. The molecule has 3 aliphatic carbocycles. The molecule has 0 bridgehead atoms. The van der Waals surface area contributed by atoms with Crippen molar-refractivity contribution in [1.29, 1.82) is 0 Å². The summed E-state index contributed by atoms with van der Waals surface area (Å²) in [6, 6.07) is 83.1. The number of para-hydroxylation sites is 4. The Kier molecular flexibility index (Phi) is 7.60. The van der Waals surface area contributed by atoms with Gasteiger partial charge in [-0.15, -0.1) is 0 Å². The zero-order chi connectivity index (χ0) is 46.0. The molecule has 0 amide bonds. The summed E-state index contributed by atoms with van der Waals surface area (Å²) in [5, 5.41) is 2.55. The van der Waals surface area contributed by atoms with E-state index >= 15 is 0 Å². The summed E-state index contributed by atoms with van der Waals surface area (Å²) in [5.74, 6) is 0. The second-order valence-electron chi connectivity index (χ2n) is 20.7. The number of rotatable bonds is 4. The lowest BCUT2D eigenvalue weighted by Crippen LogP contribution is -2.33. The Bertz CT molecular complexity index is 4000. The van der Waals surface area contributed by atoms with E-state index in [1.807, 2.05) is 0 Å². The minimum absolute atomic E-state index is 0.163. The highest BCUT2D eigenvalue weighted by Gasteiger charge is 2.51. The van der Waals surface area contributed by atoms with Crippen molar-refractivity contribution in [2.45, 2.75) is 43.9 Å². The molecular formula is C67H48N2. The number of hydrogen-bond donors (Lipinski definition) is 0. The molecule has 10 aromatic carbocycles. The molecule has 1 aromatic heterocycles. The highest BCUT2D eigenvalue weighted by atomic mass is 15.2. The van der Waals surface area contributed by atoms with Crippen molar-refractivity contribution in [2.75, 3.05) is 4.90 Å². The molecule has 69 heavy (non-hydrogen) atoms. The second kappa shape index (κ2) is 13.5. The van der Waals surface area contributed by atoms with Crippen LogP contribution in [0.1, 0.15) is 72.2 Å². The molecule has 2 heterocycles. The molecule has 2 nitrogen and oxygen atoms in total. The van der Waals surface area contributed by atoms with E-state index in [9.17, 15) is 0 Å². The van der Waals surface area contributed by atoms with E-state index in [4.69, 9.17) is 0 Å². The van der Waals surface area contributed by atoms with Gasteiger partial charge in [-0.05, 0) is 103 Å². The zero-order valence-electron chi connectivity index (χ0n) is 39.2. The first-order valence-electron chi connectivity index (χ1n) is 24.5. The molecule has 2 heteroatoms. The molecule has 326 valence electrons. The Morgan fingerprint density at radius 2 is 0.812 bits per heavy atom. The van der Waals surface area contributed by atoms with Gasteiger partial charge in [0.15, 0.2) is 0 Å². The Hall–Kier alpha value is -8.20.